The van der Waals surface area contributed by atoms with Gasteiger partial charge in [0, 0.05) is 30.1 Å². The van der Waals surface area contributed by atoms with Crippen LogP contribution in [0, 0.1) is 19.8 Å². The molecule has 0 spiro atoms. The van der Waals surface area contributed by atoms with E-state index in [4.69, 9.17) is 16.3 Å². The first-order valence-corrected chi connectivity index (χ1v) is 7.00. The molecule has 1 aliphatic rings. The van der Waals surface area contributed by atoms with Crippen LogP contribution < -0.4 is 0 Å². The maximum absolute atomic E-state index is 11.7. The Hall–Kier alpha value is -0.800. The molecule has 100 valence electrons. The molecule has 0 atom stereocenters. The molecule has 1 aliphatic carbocycles. The van der Waals surface area contributed by atoms with Gasteiger partial charge in [-0.2, -0.15) is 0 Å². The molecular weight excluding hydrogens is 250 g/mol. The third kappa shape index (κ3) is 3.15. The normalized spacial score (nSPS) is 15.1. The summed E-state index contributed by atoms with van der Waals surface area (Å²) < 4.78 is 7.77. The van der Waals surface area contributed by atoms with Gasteiger partial charge in [-0.15, -0.1) is 11.6 Å². The van der Waals surface area contributed by atoms with Crippen molar-refractivity contribution >= 4 is 17.4 Å². The molecule has 1 heterocycles. The molecule has 1 saturated carbocycles. The van der Waals surface area contributed by atoms with E-state index in [0.717, 1.165) is 36.0 Å². The van der Waals surface area contributed by atoms with Crippen LogP contribution in [0.15, 0.2) is 6.07 Å². The first-order valence-electron chi connectivity index (χ1n) is 6.47. The van der Waals surface area contributed by atoms with Crippen LogP contribution in [-0.4, -0.2) is 29.4 Å². The molecule has 4 heteroatoms. The Balaban J connectivity index is 1.93. The van der Waals surface area contributed by atoms with Gasteiger partial charge in [0.15, 0.2) is 5.78 Å². The molecule has 0 unspecified atom stereocenters. The highest BCUT2D eigenvalue weighted by Crippen LogP contribution is 2.28. The zero-order valence-corrected chi connectivity index (χ0v) is 11.8. The highest BCUT2D eigenvalue weighted by Gasteiger charge is 2.21. The molecule has 1 aromatic rings. The van der Waals surface area contributed by atoms with Gasteiger partial charge < -0.3 is 9.30 Å². The van der Waals surface area contributed by atoms with Gasteiger partial charge >= 0.3 is 0 Å². The quantitative estimate of drug-likeness (QED) is 0.433. The van der Waals surface area contributed by atoms with Gasteiger partial charge in [-0.1, -0.05) is 0 Å². The Labute approximate surface area is 113 Å². The van der Waals surface area contributed by atoms with Crippen LogP contribution in [0.3, 0.4) is 0 Å². The van der Waals surface area contributed by atoms with Crippen molar-refractivity contribution in [2.45, 2.75) is 33.2 Å². The number of carbonyl (C=O) groups excluding carboxylic acids is 1. The van der Waals surface area contributed by atoms with Crippen LogP contribution >= 0.6 is 11.6 Å². The number of hydrogen-bond acceptors (Lipinski definition) is 2. The molecular formula is C14H20ClNO2. The van der Waals surface area contributed by atoms with Crippen molar-refractivity contribution in [3.05, 3.63) is 23.0 Å². The van der Waals surface area contributed by atoms with E-state index in [-0.39, 0.29) is 11.7 Å². The highest BCUT2D eigenvalue weighted by molar-refractivity contribution is 6.30. The van der Waals surface area contributed by atoms with Gasteiger partial charge in [-0.05, 0) is 38.7 Å². The smallest absolute Gasteiger partial charge is 0.179 e. The molecule has 2 rings (SSSR count). The number of nitrogens with zero attached hydrogens (tertiary/aromatic N) is 1. The van der Waals surface area contributed by atoms with Crippen molar-refractivity contribution in [1.82, 2.24) is 4.57 Å². The summed E-state index contributed by atoms with van der Waals surface area (Å²) in [7, 11) is 0. The number of aromatic nitrogens is 1. The van der Waals surface area contributed by atoms with Crippen molar-refractivity contribution < 1.29 is 9.53 Å². The van der Waals surface area contributed by atoms with Gasteiger partial charge in [-0.25, -0.2) is 0 Å². The average molecular weight is 270 g/mol. The van der Waals surface area contributed by atoms with Crippen LogP contribution in [0.2, 0.25) is 0 Å². The van der Waals surface area contributed by atoms with E-state index < -0.39 is 0 Å². The van der Waals surface area contributed by atoms with Crippen molar-refractivity contribution in [3.63, 3.8) is 0 Å². The van der Waals surface area contributed by atoms with Gasteiger partial charge in [-0.3, -0.25) is 4.79 Å². The summed E-state index contributed by atoms with van der Waals surface area (Å²) in [5.41, 5.74) is 2.83. The molecule has 0 radical (unpaired) electrons. The van der Waals surface area contributed by atoms with Crippen molar-refractivity contribution in [1.29, 1.82) is 0 Å². The monoisotopic (exact) mass is 269 g/mol. The molecule has 0 bridgehead atoms. The Morgan fingerprint density at radius 2 is 2.22 bits per heavy atom. The van der Waals surface area contributed by atoms with E-state index in [1.165, 1.54) is 12.8 Å². The molecule has 0 amide bonds. The van der Waals surface area contributed by atoms with Gasteiger partial charge in [0.2, 0.25) is 0 Å². The second-order valence-corrected chi connectivity index (χ2v) is 5.28. The number of ketones is 1. The lowest BCUT2D eigenvalue weighted by Crippen LogP contribution is -2.11. The molecule has 0 saturated heterocycles. The number of hydrogen-bond donors (Lipinski definition) is 0. The first kappa shape index (κ1) is 13.6. The minimum absolute atomic E-state index is 0.00471. The summed E-state index contributed by atoms with van der Waals surface area (Å²) in [6.45, 7) is 6.38. The molecule has 0 aliphatic heterocycles. The van der Waals surface area contributed by atoms with Gasteiger partial charge in [0.05, 0.1) is 12.5 Å². The third-order valence-corrected chi connectivity index (χ3v) is 3.75. The number of ether oxygens (including phenoxy) is 1. The summed E-state index contributed by atoms with van der Waals surface area (Å²) in [6, 6.07) is 1.92. The van der Waals surface area contributed by atoms with E-state index in [2.05, 4.69) is 4.57 Å². The summed E-state index contributed by atoms with van der Waals surface area (Å²) in [6.07, 6.45) is 2.63. The van der Waals surface area contributed by atoms with E-state index in [1.54, 1.807) is 0 Å². The molecule has 1 aromatic heterocycles. The Bertz CT molecular complexity index is 435. The minimum atomic E-state index is -0.00471. The van der Waals surface area contributed by atoms with Crippen LogP contribution in [0.1, 0.15) is 34.6 Å². The lowest BCUT2D eigenvalue weighted by molar-refractivity contribution is 0.101. The first-order chi connectivity index (χ1) is 8.63. The van der Waals surface area contributed by atoms with Crippen LogP contribution in [-0.2, 0) is 11.3 Å². The number of aryl methyl sites for hydroxylation is 1. The molecule has 18 heavy (non-hydrogen) atoms. The SMILES string of the molecule is Cc1cc(C(=O)CCl)c(C)n1CCOCC1CC1. The Morgan fingerprint density at radius 3 is 2.83 bits per heavy atom. The van der Waals surface area contributed by atoms with E-state index in [0.29, 0.717) is 6.61 Å². The van der Waals surface area contributed by atoms with E-state index >= 15 is 0 Å². The molecule has 0 N–H and O–H groups in total. The molecule has 3 nitrogen and oxygen atoms in total. The highest BCUT2D eigenvalue weighted by atomic mass is 35.5. The van der Waals surface area contributed by atoms with Crippen molar-refractivity contribution in [2.24, 2.45) is 5.92 Å². The third-order valence-electron chi connectivity index (χ3n) is 3.51. The lowest BCUT2D eigenvalue weighted by atomic mass is 10.2. The second-order valence-electron chi connectivity index (χ2n) is 5.01. The fraction of sp³-hybridized carbons (Fsp3) is 0.643. The zero-order chi connectivity index (χ0) is 13.1. The number of Topliss-reactive ketones (excluding diaryl/α,β-unsaturated/α-hetero) is 1. The van der Waals surface area contributed by atoms with Crippen molar-refractivity contribution in [3.8, 4) is 0 Å². The predicted molar refractivity (Wildman–Crippen MR) is 72.5 cm³/mol. The largest absolute Gasteiger partial charge is 0.379 e. The van der Waals surface area contributed by atoms with Crippen LogP contribution in [0.4, 0.5) is 0 Å². The van der Waals surface area contributed by atoms with Gasteiger partial charge in [0.1, 0.15) is 0 Å². The Kier molecular flexibility index (Phi) is 4.46. The topological polar surface area (TPSA) is 31.2 Å². The lowest BCUT2D eigenvalue weighted by Gasteiger charge is -2.10. The number of rotatable bonds is 7. The van der Waals surface area contributed by atoms with Crippen molar-refractivity contribution in [2.75, 3.05) is 19.1 Å². The van der Waals surface area contributed by atoms with E-state index in [1.807, 2.05) is 19.9 Å². The van der Waals surface area contributed by atoms with E-state index in [9.17, 15) is 4.79 Å². The summed E-state index contributed by atoms with van der Waals surface area (Å²) in [5.74, 6) is 0.836. The minimum Gasteiger partial charge on any atom is -0.379 e. The predicted octanol–water partition coefficient (Wildman–Crippen LogP) is 2.95. The summed E-state index contributed by atoms with van der Waals surface area (Å²) in [4.78, 5) is 11.7. The van der Waals surface area contributed by atoms with Crippen LogP contribution in [0.5, 0.6) is 0 Å². The maximum atomic E-state index is 11.7. The summed E-state index contributed by atoms with van der Waals surface area (Å²) in [5, 5.41) is 0. The number of halogens is 1. The maximum Gasteiger partial charge on any atom is 0.179 e. The fourth-order valence-electron chi connectivity index (χ4n) is 2.19. The van der Waals surface area contributed by atoms with Crippen LogP contribution in [0.25, 0.3) is 0 Å². The number of carbonyl (C=O) groups is 1. The molecule has 0 aromatic carbocycles. The standard InChI is InChI=1S/C14H20ClNO2/c1-10-7-13(14(17)8-15)11(2)16(10)5-6-18-9-12-3-4-12/h7,12H,3-6,8-9H2,1-2H3. The zero-order valence-electron chi connectivity index (χ0n) is 11.0. The van der Waals surface area contributed by atoms with Gasteiger partial charge in [0.25, 0.3) is 0 Å². The molecule has 1 fully saturated rings. The Morgan fingerprint density at radius 1 is 1.50 bits per heavy atom. The average Bonchev–Trinajstić information content (AvgIpc) is 3.13. The second kappa shape index (κ2) is 5.89. The number of alkyl halides is 1. The fourth-order valence-corrected chi connectivity index (χ4v) is 2.33. The summed E-state index contributed by atoms with van der Waals surface area (Å²) >= 11 is 5.61.